The lowest BCUT2D eigenvalue weighted by Crippen LogP contribution is -2.38. The molecule has 3 heteroatoms. The molecule has 0 saturated carbocycles. The van der Waals surface area contributed by atoms with Gasteiger partial charge in [0.05, 0.1) is 0 Å². The Morgan fingerprint density at radius 3 is 2.68 bits per heavy atom. The highest BCUT2D eigenvalue weighted by Gasteiger charge is 2.19. The minimum atomic E-state index is -0.401. The standard InChI is InChI=1S/C22H31NO2/c1-2-21(22(24)23-15-14-17-8-4-3-5-9-17)25-20-13-12-18-10-6-7-11-19(18)16-20/h8,12-13,16,21H,2-7,9-11,14-15H2,1H3,(H,23,24)/t21-/m0/s1. The number of amides is 1. The van der Waals surface area contributed by atoms with Crippen molar-refractivity contribution in [3.05, 3.63) is 41.0 Å². The van der Waals surface area contributed by atoms with Crippen LogP contribution in [0.25, 0.3) is 0 Å². The molecule has 3 rings (SSSR count). The minimum Gasteiger partial charge on any atom is -0.481 e. The molecule has 0 saturated heterocycles. The molecule has 0 aliphatic heterocycles. The number of aryl methyl sites for hydroxylation is 2. The predicted molar refractivity (Wildman–Crippen MR) is 102 cm³/mol. The molecule has 136 valence electrons. The third kappa shape index (κ3) is 5.10. The van der Waals surface area contributed by atoms with Crippen LogP contribution in [-0.4, -0.2) is 18.6 Å². The van der Waals surface area contributed by atoms with Crippen LogP contribution >= 0.6 is 0 Å². The van der Waals surface area contributed by atoms with Gasteiger partial charge in [0.15, 0.2) is 6.10 Å². The average Bonchev–Trinajstić information content (AvgIpc) is 2.66. The second kappa shape index (κ2) is 9.07. The topological polar surface area (TPSA) is 38.3 Å². The molecule has 2 aliphatic rings. The molecule has 1 aromatic carbocycles. The third-order valence-electron chi connectivity index (χ3n) is 5.39. The summed E-state index contributed by atoms with van der Waals surface area (Å²) >= 11 is 0. The van der Waals surface area contributed by atoms with Crippen molar-refractivity contribution in [1.29, 1.82) is 0 Å². The first-order valence-electron chi connectivity index (χ1n) is 10.0. The van der Waals surface area contributed by atoms with Crippen molar-refractivity contribution in [2.45, 2.75) is 77.2 Å². The summed E-state index contributed by atoms with van der Waals surface area (Å²) in [5.41, 5.74) is 4.33. The number of carbonyl (C=O) groups excluding carboxylic acids is 1. The van der Waals surface area contributed by atoms with Crippen LogP contribution in [0.2, 0.25) is 0 Å². The number of nitrogens with one attached hydrogen (secondary N) is 1. The van der Waals surface area contributed by atoms with Gasteiger partial charge in [0.1, 0.15) is 5.75 Å². The predicted octanol–water partition coefficient (Wildman–Crippen LogP) is 4.73. The molecule has 2 aliphatic carbocycles. The molecule has 0 bridgehead atoms. The lowest BCUT2D eigenvalue weighted by molar-refractivity contribution is -0.128. The Kier molecular flexibility index (Phi) is 6.55. The van der Waals surface area contributed by atoms with E-state index in [1.165, 1.54) is 61.6 Å². The molecule has 1 aromatic rings. The van der Waals surface area contributed by atoms with E-state index in [0.29, 0.717) is 13.0 Å². The SMILES string of the molecule is CC[C@H](Oc1ccc2c(c1)CCCC2)C(=O)NCCC1=CCCCC1. The van der Waals surface area contributed by atoms with Crippen LogP contribution in [0, 0.1) is 0 Å². The summed E-state index contributed by atoms with van der Waals surface area (Å²) in [7, 11) is 0. The summed E-state index contributed by atoms with van der Waals surface area (Å²) in [6.45, 7) is 2.72. The Bertz CT molecular complexity index is 620. The van der Waals surface area contributed by atoms with E-state index in [2.05, 4.69) is 23.5 Å². The smallest absolute Gasteiger partial charge is 0.261 e. The highest BCUT2D eigenvalue weighted by molar-refractivity contribution is 5.81. The number of allylic oxidation sites excluding steroid dienone is 1. The van der Waals surface area contributed by atoms with Crippen molar-refractivity contribution in [3.8, 4) is 5.75 Å². The Morgan fingerprint density at radius 2 is 1.92 bits per heavy atom. The van der Waals surface area contributed by atoms with E-state index in [9.17, 15) is 4.79 Å². The minimum absolute atomic E-state index is 0.0108. The summed E-state index contributed by atoms with van der Waals surface area (Å²) in [6, 6.07) is 6.33. The van der Waals surface area contributed by atoms with Gasteiger partial charge in [-0.1, -0.05) is 24.6 Å². The zero-order valence-electron chi connectivity index (χ0n) is 15.5. The van der Waals surface area contributed by atoms with Gasteiger partial charge in [0.2, 0.25) is 0 Å². The fraction of sp³-hybridized carbons (Fsp3) is 0.591. The van der Waals surface area contributed by atoms with Gasteiger partial charge < -0.3 is 10.1 Å². The average molecular weight is 341 g/mol. The van der Waals surface area contributed by atoms with E-state index in [0.717, 1.165) is 18.6 Å². The number of hydrogen-bond donors (Lipinski definition) is 1. The number of carbonyl (C=O) groups is 1. The molecule has 3 nitrogen and oxygen atoms in total. The molecular formula is C22H31NO2. The second-order valence-electron chi connectivity index (χ2n) is 7.30. The van der Waals surface area contributed by atoms with Crippen LogP contribution in [0.15, 0.2) is 29.8 Å². The van der Waals surface area contributed by atoms with Gasteiger partial charge in [-0.05, 0) is 87.5 Å². The van der Waals surface area contributed by atoms with E-state index >= 15 is 0 Å². The maximum atomic E-state index is 12.5. The molecule has 0 radical (unpaired) electrons. The van der Waals surface area contributed by atoms with Crippen LogP contribution in [0.5, 0.6) is 5.75 Å². The number of fused-ring (bicyclic) bond motifs is 1. The van der Waals surface area contributed by atoms with E-state index < -0.39 is 6.10 Å². The second-order valence-corrected chi connectivity index (χ2v) is 7.30. The van der Waals surface area contributed by atoms with E-state index in [-0.39, 0.29) is 5.91 Å². The number of benzene rings is 1. The normalized spacial score (nSPS) is 18.0. The Morgan fingerprint density at radius 1 is 1.12 bits per heavy atom. The largest absolute Gasteiger partial charge is 0.481 e. The van der Waals surface area contributed by atoms with Gasteiger partial charge in [-0.15, -0.1) is 0 Å². The van der Waals surface area contributed by atoms with Crippen LogP contribution in [0.4, 0.5) is 0 Å². The van der Waals surface area contributed by atoms with Crippen LogP contribution < -0.4 is 10.1 Å². The third-order valence-corrected chi connectivity index (χ3v) is 5.39. The number of rotatable bonds is 7. The fourth-order valence-corrected chi connectivity index (χ4v) is 3.86. The van der Waals surface area contributed by atoms with E-state index in [1.807, 2.05) is 13.0 Å². The van der Waals surface area contributed by atoms with Crippen LogP contribution in [0.1, 0.15) is 69.4 Å². The Balaban J connectivity index is 1.51. The lowest BCUT2D eigenvalue weighted by atomic mass is 9.92. The van der Waals surface area contributed by atoms with E-state index in [1.54, 1.807) is 0 Å². The maximum Gasteiger partial charge on any atom is 0.261 e. The first-order valence-corrected chi connectivity index (χ1v) is 10.0. The maximum absolute atomic E-state index is 12.5. The highest BCUT2D eigenvalue weighted by atomic mass is 16.5. The molecule has 1 amide bonds. The molecular weight excluding hydrogens is 310 g/mol. The fourth-order valence-electron chi connectivity index (χ4n) is 3.86. The molecule has 0 aromatic heterocycles. The monoisotopic (exact) mass is 341 g/mol. The Hall–Kier alpha value is -1.77. The molecule has 1 N–H and O–H groups in total. The highest BCUT2D eigenvalue weighted by Crippen LogP contribution is 2.26. The molecule has 25 heavy (non-hydrogen) atoms. The molecule has 0 spiro atoms. The zero-order valence-corrected chi connectivity index (χ0v) is 15.5. The van der Waals surface area contributed by atoms with Crippen molar-refractivity contribution < 1.29 is 9.53 Å². The number of hydrogen-bond acceptors (Lipinski definition) is 2. The molecule has 0 heterocycles. The van der Waals surface area contributed by atoms with Gasteiger partial charge in [-0.2, -0.15) is 0 Å². The van der Waals surface area contributed by atoms with Gasteiger partial charge in [0.25, 0.3) is 5.91 Å². The summed E-state index contributed by atoms with van der Waals surface area (Å²) < 4.78 is 6.01. The molecule has 0 fully saturated rings. The summed E-state index contributed by atoms with van der Waals surface area (Å²) in [6.07, 6.45) is 13.4. The van der Waals surface area contributed by atoms with Gasteiger partial charge >= 0.3 is 0 Å². The van der Waals surface area contributed by atoms with Gasteiger partial charge in [0, 0.05) is 6.54 Å². The van der Waals surface area contributed by atoms with Crippen molar-refractivity contribution in [3.63, 3.8) is 0 Å². The van der Waals surface area contributed by atoms with Crippen molar-refractivity contribution in [1.82, 2.24) is 5.32 Å². The van der Waals surface area contributed by atoms with Gasteiger partial charge in [-0.3, -0.25) is 4.79 Å². The van der Waals surface area contributed by atoms with Crippen LogP contribution in [0.3, 0.4) is 0 Å². The zero-order chi connectivity index (χ0) is 17.5. The van der Waals surface area contributed by atoms with E-state index in [4.69, 9.17) is 4.74 Å². The van der Waals surface area contributed by atoms with Crippen molar-refractivity contribution in [2.24, 2.45) is 0 Å². The lowest BCUT2D eigenvalue weighted by Gasteiger charge is -2.21. The molecule has 1 atom stereocenters. The quantitative estimate of drug-likeness (QED) is 0.728. The molecule has 0 unspecified atom stereocenters. The first kappa shape index (κ1) is 18.0. The van der Waals surface area contributed by atoms with Gasteiger partial charge in [-0.25, -0.2) is 0 Å². The van der Waals surface area contributed by atoms with Crippen LogP contribution in [-0.2, 0) is 17.6 Å². The summed E-state index contributed by atoms with van der Waals surface area (Å²) in [5, 5.41) is 3.06. The number of ether oxygens (including phenoxy) is 1. The summed E-state index contributed by atoms with van der Waals surface area (Å²) in [5.74, 6) is 0.842. The first-order chi connectivity index (χ1) is 12.3. The Labute approximate surface area is 151 Å². The van der Waals surface area contributed by atoms with Crippen molar-refractivity contribution in [2.75, 3.05) is 6.54 Å². The summed E-state index contributed by atoms with van der Waals surface area (Å²) in [4.78, 5) is 12.5. The van der Waals surface area contributed by atoms with Crippen molar-refractivity contribution >= 4 is 5.91 Å².